The number of carbonyl (C=O) groups excluding carboxylic acids is 2. The lowest BCUT2D eigenvalue weighted by Crippen LogP contribution is -2.43. The van der Waals surface area contributed by atoms with Crippen molar-refractivity contribution >= 4 is 11.8 Å². The maximum atomic E-state index is 12.5. The highest BCUT2D eigenvalue weighted by molar-refractivity contribution is 6.00. The lowest BCUT2D eigenvalue weighted by Gasteiger charge is -2.28. The Bertz CT molecular complexity index is 542. The van der Waals surface area contributed by atoms with Crippen molar-refractivity contribution in [3.63, 3.8) is 0 Å². The number of benzene rings is 1. The molecule has 0 saturated heterocycles. The molecule has 2 rings (SSSR count). The monoisotopic (exact) mass is 304 g/mol. The van der Waals surface area contributed by atoms with Crippen molar-refractivity contribution in [2.45, 2.75) is 45.6 Å². The van der Waals surface area contributed by atoms with E-state index in [1.165, 1.54) is 5.56 Å². The Morgan fingerprint density at radius 2 is 2.00 bits per heavy atom. The van der Waals surface area contributed by atoms with Crippen molar-refractivity contribution in [3.8, 4) is 0 Å². The molecule has 0 aromatic heterocycles. The molecule has 22 heavy (non-hydrogen) atoms. The van der Waals surface area contributed by atoms with Crippen LogP contribution in [0.1, 0.15) is 50.3 Å². The van der Waals surface area contributed by atoms with Gasteiger partial charge in [-0.15, -0.1) is 0 Å². The van der Waals surface area contributed by atoms with Gasteiger partial charge >= 0.3 is 0 Å². The van der Waals surface area contributed by atoms with Crippen molar-refractivity contribution in [2.75, 3.05) is 0 Å². The summed E-state index contributed by atoms with van der Waals surface area (Å²) in [6.45, 7) is 3.89. The largest absolute Gasteiger partial charge is 0.349 e. The highest BCUT2D eigenvalue weighted by atomic mass is 16.5. The van der Waals surface area contributed by atoms with Crippen molar-refractivity contribution in [3.05, 3.63) is 35.4 Å². The van der Waals surface area contributed by atoms with Crippen molar-refractivity contribution in [1.29, 1.82) is 0 Å². The van der Waals surface area contributed by atoms with Gasteiger partial charge in [0.2, 0.25) is 5.91 Å². The average Bonchev–Trinajstić information content (AvgIpc) is 2.52. The first-order valence-corrected chi connectivity index (χ1v) is 7.85. The van der Waals surface area contributed by atoms with E-state index in [9.17, 15) is 9.59 Å². The van der Waals surface area contributed by atoms with Crippen LogP contribution >= 0.6 is 0 Å². The van der Waals surface area contributed by atoms with Crippen LogP contribution in [0, 0.1) is 11.8 Å². The molecule has 0 heterocycles. The second-order valence-corrected chi connectivity index (χ2v) is 6.31. The molecule has 1 aliphatic carbocycles. The van der Waals surface area contributed by atoms with Gasteiger partial charge in [-0.2, -0.15) is 0 Å². The Morgan fingerprint density at radius 3 is 2.68 bits per heavy atom. The molecule has 1 aromatic carbocycles. The zero-order valence-electron chi connectivity index (χ0n) is 13.1. The Hall–Kier alpha value is -1.88. The SMILES string of the molecule is CC(C)CC(C(=O)NO)C(=O)NC1CCCc2ccccc21. The molecule has 2 atom stereocenters. The van der Waals surface area contributed by atoms with Crippen LogP contribution < -0.4 is 10.8 Å². The van der Waals surface area contributed by atoms with E-state index in [1.807, 2.05) is 32.0 Å². The third-order valence-electron chi connectivity index (χ3n) is 4.14. The van der Waals surface area contributed by atoms with Crippen LogP contribution in [0.15, 0.2) is 24.3 Å². The predicted octanol–water partition coefficient (Wildman–Crippen LogP) is 2.35. The maximum absolute atomic E-state index is 12.5. The minimum absolute atomic E-state index is 0.0568. The lowest BCUT2D eigenvalue weighted by molar-refractivity contribution is -0.141. The smallest absolute Gasteiger partial charge is 0.255 e. The molecule has 5 heteroatoms. The number of rotatable bonds is 5. The highest BCUT2D eigenvalue weighted by Gasteiger charge is 2.30. The van der Waals surface area contributed by atoms with E-state index in [1.54, 1.807) is 5.48 Å². The molecule has 1 aliphatic rings. The molecule has 5 nitrogen and oxygen atoms in total. The minimum Gasteiger partial charge on any atom is -0.349 e. The number of hydroxylamine groups is 1. The fourth-order valence-corrected chi connectivity index (χ4v) is 3.06. The van der Waals surface area contributed by atoms with Crippen LogP contribution in [-0.2, 0) is 16.0 Å². The van der Waals surface area contributed by atoms with E-state index in [0.29, 0.717) is 6.42 Å². The summed E-state index contributed by atoms with van der Waals surface area (Å²) in [6.07, 6.45) is 3.32. The second kappa shape index (κ2) is 7.40. The van der Waals surface area contributed by atoms with Crippen LogP contribution in [0.25, 0.3) is 0 Å². The van der Waals surface area contributed by atoms with Crippen LogP contribution in [0.2, 0.25) is 0 Å². The third-order valence-corrected chi connectivity index (χ3v) is 4.14. The topological polar surface area (TPSA) is 78.4 Å². The van der Waals surface area contributed by atoms with Crippen molar-refractivity contribution in [2.24, 2.45) is 11.8 Å². The fourth-order valence-electron chi connectivity index (χ4n) is 3.06. The molecule has 0 bridgehead atoms. The van der Waals surface area contributed by atoms with Gasteiger partial charge < -0.3 is 5.32 Å². The Balaban J connectivity index is 2.12. The molecule has 1 aromatic rings. The van der Waals surface area contributed by atoms with Gasteiger partial charge in [-0.25, -0.2) is 5.48 Å². The number of fused-ring (bicyclic) bond motifs is 1. The van der Waals surface area contributed by atoms with Crippen LogP contribution in [0.4, 0.5) is 0 Å². The standard InChI is InChI=1S/C17H24N2O3/c1-11(2)10-14(17(21)19-22)16(20)18-15-9-5-7-12-6-3-4-8-13(12)15/h3-4,6,8,11,14-15,22H,5,7,9-10H2,1-2H3,(H,18,20)(H,19,21). The molecule has 0 radical (unpaired) electrons. The van der Waals surface area contributed by atoms with Gasteiger partial charge in [-0.3, -0.25) is 14.8 Å². The Morgan fingerprint density at radius 1 is 1.27 bits per heavy atom. The zero-order valence-corrected chi connectivity index (χ0v) is 13.1. The summed E-state index contributed by atoms with van der Waals surface area (Å²) in [7, 11) is 0. The van der Waals surface area contributed by atoms with Crippen LogP contribution in [-0.4, -0.2) is 17.0 Å². The molecule has 0 aliphatic heterocycles. The van der Waals surface area contributed by atoms with Gasteiger partial charge in [0.05, 0.1) is 6.04 Å². The van der Waals surface area contributed by atoms with Crippen LogP contribution in [0.5, 0.6) is 0 Å². The number of aryl methyl sites for hydroxylation is 1. The van der Waals surface area contributed by atoms with E-state index in [4.69, 9.17) is 5.21 Å². The molecule has 120 valence electrons. The van der Waals surface area contributed by atoms with E-state index in [-0.39, 0.29) is 17.9 Å². The second-order valence-electron chi connectivity index (χ2n) is 6.31. The zero-order chi connectivity index (χ0) is 16.1. The molecule has 0 spiro atoms. The van der Waals surface area contributed by atoms with Crippen molar-refractivity contribution in [1.82, 2.24) is 10.8 Å². The van der Waals surface area contributed by atoms with E-state index >= 15 is 0 Å². The molecule has 3 N–H and O–H groups in total. The molecule has 2 amide bonds. The quantitative estimate of drug-likeness (QED) is 0.444. The fraction of sp³-hybridized carbons (Fsp3) is 0.529. The first-order chi connectivity index (χ1) is 10.5. The van der Waals surface area contributed by atoms with E-state index in [0.717, 1.165) is 24.8 Å². The predicted molar refractivity (Wildman–Crippen MR) is 83.1 cm³/mol. The normalized spacial score (nSPS) is 18.5. The number of nitrogens with one attached hydrogen (secondary N) is 2. The maximum Gasteiger partial charge on any atom is 0.255 e. The number of hydrogen-bond donors (Lipinski definition) is 3. The summed E-state index contributed by atoms with van der Waals surface area (Å²) >= 11 is 0. The molecule has 0 saturated carbocycles. The van der Waals surface area contributed by atoms with Gasteiger partial charge in [-0.05, 0) is 42.7 Å². The van der Waals surface area contributed by atoms with Crippen LogP contribution in [0.3, 0.4) is 0 Å². The first-order valence-electron chi connectivity index (χ1n) is 7.85. The summed E-state index contributed by atoms with van der Waals surface area (Å²) in [4.78, 5) is 24.2. The molecule has 0 fully saturated rings. The van der Waals surface area contributed by atoms with Gasteiger partial charge in [0, 0.05) is 0 Å². The summed E-state index contributed by atoms with van der Waals surface area (Å²) < 4.78 is 0. The minimum atomic E-state index is -0.862. The Kier molecular flexibility index (Phi) is 5.55. The van der Waals surface area contributed by atoms with Gasteiger partial charge in [-0.1, -0.05) is 38.1 Å². The summed E-state index contributed by atoms with van der Waals surface area (Å²) in [5, 5.41) is 11.8. The van der Waals surface area contributed by atoms with E-state index in [2.05, 4.69) is 11.4 Å². The van der Waals surface area contributed by atoms with Gasteiger partial charge in [0.15, 0.2) is 0 Å². The third kappa shape index (κ3) is 3.85. The lowest BCUT2D eigenvalue weighted by atomic mass is 9.87. The summed E-state index contributed by atoms with van der Waals surface area (Å²) in [6, 6.07) is 8.03. The molecular weight excluding hydrogens is 280 g/mol. The van der Waals surface area contributed by atoms with E-state index < -0.39 is 11.8 Å². The Labute approximate surface area is 131 Å². The molecule has 2 unspecified atom stereocenters. The number of hydrogen-bond acceptors (Lipinski definition) is 3. The summed E-state index contributed by atoms with van der Waals surface area (Å²) in [5.74, 6) is -1.64. The summed E-state index contributed by atoms with van der Waals surface area (Å²) in [5.41, 5.74) is 4.00. The molecular formula is C17H24N2O3. The van der Waals surface area contributed by atoms with Gasteiger partial charge in [0.25, 0.3) is 5.91 Å². The van der Waals surface area contributed by atoms with Gasteiger partial charge in [0.1, 0.15) is 5.92 Å². The number of carbonyl (C=O) groups is 2. The first kappa shape index (κ1) is 16.5. The van der Waals surface area contributed by atoms with Crippen molar-refractivity contribution < 1.29 is 14.8 Å². The average molecular weight is 304 g/mol. The highest BCUT2D eigenvalue weighted by Crippen LogP contribution is 2.30. The number of amides is 2.